The van der Waals surface area contributed by atoms with Gasteiger partial charge in [-0.3, -0.25) is 0 Å². The van der Waals surface area contributed by atoms with Crippen molar-refractivity contribution in [3.8, 4) is 0 Å². The van der Waals surface area contributed by atoms with Crippen LogP contribution in [0.3, 0.4) is 0 Å². The summed E-state index contributed by atoms with van der Waals surface area (Å²) in [6.07, 6.45) is 11.1. The van der Waals surface area contributed by atoms with Crippen LogP contribution in [-0.4, -0.2) is 0 Å². The summed E-state index contributed by atoms with van der Waals surface area (Å²) < 4.78 is 0. The van der Waals surface area contributed by atoms with Crippen LogP contribution >= 0.6 is 0 Å². The topological polar surface area (TPSA) is 26.0 Å². The molecule has 0 saturated carbocycles. The van der Waals surface area contributed by atoms with Crippen LogP contribution in [0.25, 0.3) is 6.08 Å². The van der Waals surface area contributed by atoms with Crippen molar-refractivity contribution in [2.75, 3.05) is 5.73 Å². The van der Waals surface area contributed by atoms with E-state index in [-0.39, 0.29) is 0 Å². The Labute approximate surface area is 103 Å². The summed E-state index contributed by atoms with van der Waals surface area (Å²) in [5, 5.41) is 0. The zero-order valence-corrected chi connectivity index (χ0v) is 10.5. The lowest BCUT2D eigenvalue weighted by Crippen LogP contribution is -1.90. The molecule has 0 atom stereocenters. The molecule has 0 spiro atoms. The number of benzene rings is 1. The third-order valence-corrected chi connectivity index (χ3v) is 3.23. The SMILES string of the molecule is CC1=C(/C=C/c2ccc(N)c(C)c2)C=CCC1. The van der Waals surface area contributed by atoms with Crippen molar-refractivity contribution in [1.29, 1.82) is 0 Å². The third-order valence-electron chi connectivity index (χ3n) is 3.23. The molecular weight excluding hydrogens is 206 g/mol. The average Bonchev–Trinajstić information content (AvgIpc) is 2.32. The Bertz CT molecular complexity index is 504. The van der Waals surface area contributed by atoms with Crippen LogP contribution in [0.4, 0.5) is 5.69 Å². The van der Waals surface area contributed by atoms with Crippen LogP contribution < -0.4 is 5.73 Å². The van der Waals surface area contributed by atoms with Crippen LogP contribution in [0, 0.1) is 6.92 Å². The van der Waals surface area contributed by atoms with Crippen LogP contribution in [0.15, 0.2) is 47.6 Å². The standard InChI is InChI=1S/C16H19N/c1-12-5-3-4-6-15(12)9-7-14-8-10-16(17)13(2)11-14/h4,6-11H,3,5,17H2,1-2H3/b9-7+. The fraction of sp³-hybridized carbons (Fsp3) is 0.250. The Morgan fingerprint density at radius 3 is 2.71 bits per heavy atom. The Morgan fingerprint density at radius 2 is 2.00 bits per heavy atom. The van der Waals surface area contributed by atoms with E-state index < -0.39 is 0 Å². The number of nitrogens with two attached hydrogens (primary N) is 1. The summed E-state index contributed by atoms with van der Waals surface area (Å²) in [5.41, 5.74) is 11.8. The van der Waals surface area contributed by atoms with Gasteiger partial charge in [0.2, 0.25) is 0 Å². The molecule has 0 bridgehead atoms. The second-order valence-corrected chi connectivity index (χ2v) is 4.63. The van der Waals surface area contributed by atoms with Crippen LogP contribution in [0.1, 0.15) is 30.9 Å². The van der Waals surface area contributed by atoms with Gasteiger partial charge in [-0.05, 0) is 55.5 Å². The summed E-state index contributed by atoms with van der Waals surface area (Å²) in [5.74, 6) is 0. The summed E-state index contributed by atoms with van der Waals surface area (Å²) in [6.45, 7) is 4.25. The second-order valence-electron chi connectivity index (χ2n) is 4.63. The van der Waals surface area contributed by atoms with Crippen molar-refractivity contribution >= 4 is 11.8 Å². The van der Waals surface area contributed by atoms with Crippen molar-refractivity contribution in [2.45, 2.75) is 26.7 Å². The van der Waals surface area contributed by atoms with Gasteiger partial charge < -0.3 is 5.73 Å². The molecular formula is C16H19N. The zero-order valence-electron chi connectivity index (χ0n) is 10.5. The lowest BCUT2D eigenvalue weighted by molar-refractivity contribution is 0.949. The lowest BCUT2D eigenvalue weighted by Gasteiger charge is -2.08. The molecule has 0 amide bonds. The summed E-state index contributed by atoms with van der Waals surface area (Å²) in [7, 11) is 0. The molecule has 0 aliphatic heterocycles. The van der Waals surface area contributed by atoms with Crippen LogP contribution in [0.2, 0.25) is 0 Å². The Morgan fingerprint density at radius 1 is 1.18 bits per heavy atom. The van der Waals surface area contributed by atoms with E-state index in [1.54, 1.807) is 0 Å². The first-order valence-electron chi connectivity index (χ1n) is 6.07. The van der Waals surface area contributed by atoms with Crippen molar-refractivity contribution in [1.82, 2.24) is 0 Å². The van der Waals surface area contributed by atoms with Gasteiger partial charge in [0.15, 0.2) is 0 Å². The fourth-order valence-corrected chi connectivity index (χ4v) is 1.98. The minimum Gasteiger partial charge on any atom is -0.399 e. The molecule has 1 aromatic rings. The van der Waals surface area contributed by atoms with E-state index in [2.05, 4.69) is 43.4 Å². The minimum atomic E-state index is 0.857. The Balaban J connectivity index is 2.20. The van der Waals surface area contributed by atoms with E-state index in [0.717, 1.165) is 11.3 Å². The van der Waals surface area contributed by atoms with Gasteiger partial charge in [-0.2, -0.15) is 0 Å². The second kappa shape index (κ2) is 5.05. The quantitative estimate of drug-likeness (QED) is 0.748. The summed E-state index contributed by atoms with van der Waals surface area (Å²) in [4.78, 5) is 0. The number of allylic oxidation sites excluding steroid dienone is 5. The first-order chi connectivity index (χ1) is 8.16. The molecule has 1 nitrogen and oxygen atoms in total. The first-order valence-corrected chi connectivity index (χ1v) is 6.07. The van der Waals surface area contributed by atoms with Crippen molar-refractivity contribution in [3.05, 3.63) is 58.7 Å². The third kappa shape index (κ3) is 2.88. The van der Waals surface area contributed by atoms with Gasteiger partial charge in [-0.25, -0.2) is 0 Å². The normalized spacial score (nSPS) is 15.9. The predicted octanol–water partition coefficient (Wildman–Crippen LogP) is 4.26. The molecule has 0 heterocycles. The highest BCUT2D eigenvalue weighted by Gasteiger charge is 2.00. The van der Waals surface area contributed by atoms with Gasteiger partial charge in [-0.1, -0.05) is 35.9 Å². The molecule has 17 heavy (non-hydrogen) atoms. The van der Waals surface area contributed by atoms with Crippen molar-refractivity contribution < 1.29 is 0 Å². The molecule has 0 unspecified atom stereocenters. The van der Waals surface area contributed by atoms with Crippen LogP contribution in [-0.2, 0) is 0 Å². The molecule has 2 rings (SSSR count). The highest BCUT2D eigenvalue weighted by atomic mass is 14.5. The highest BCUT2D eigenvalue weighted by molar-refractivity contribution is 5.60. The van der Waals surface area contributed by atoms with Crippen molar-refractivity contribution in [3.63, 3.8) is 0 Å². The number of hydrogen-bond acceptors (Lipinski definition) is 1. The maximum atomic E-state index is 5.81. The van der Waals surface area contributed by atoms with Gasteiger partial charge in [0.25, 0.3) is 0 Å². The van der Waals surface area contributed by atoms with E-state index in [9.17, 15) is 0 Å². The molecule has 1 heteroatoms. The van der Waals surface area contributed by atoms with Gasteiger partial charge in [0.1, 0.15) is 0 Å². The minimum absolute atomic E-state index is 0.857. The number of rotatable bonds is 2. The highest BCUT2D eigenvalue weighted by Crippen LogP contribution is 2.21. The number of nitrogen functional groups attached to an aromatic ring is 1. The average molecular weight is 225 g/mol. The maximum absolute atomic E-state index is 5.81. The molecule has 2 N–H and O–H groups in total. The fourth-order valence-electron chi connectivity index (χ4n) is 1.98. The molecule has 1 aliphatic carbocycles. The van der Waals surface area contributed by atoms with Gasteiger partial charge in [-0.15, -0.1) is 0 Å². The van der Waals surface area contributed by atoms with E-state index in [4.69, 9.17) is 5.73 Å². The smallest absolute Gasteiger partial charge is 0.0344 e. The molecule has 88 valence electrons. The molecule has 0 aromatic heterocycles. The van der Waals surface area contributed by atoms with Crippen molar-refractivity contribution in [2.24, 2.45) is 0 Å². The van der Waals surface area contributed by atoms with E-state index >= 15 is 0 Å². The van der Waals surface area contributed by atoms with E-state index in [1.807, 2.05) is 13.0 Å². The number of aryl methyl sites for hydroxylation is 1. The van der Waals surface area contributed by atoms with Gasteiger partial charge >= 0.3 is 0 Å². The van der Waals surface area contributed by atoms with Gasteiger partial charge in [0.05, 0.1) is 0 Å². The summed E-state index contributed by atoms with van der Waals surface area (Å²) in [6, 6.07) is 6.14. The maximum Gasteiger partial charge on any atom is 0.0344 e. The Hall–Kier alpha value is -1.76. The largest absolute Gasteiger partial charge is 0.399 e. The molecule has 0 fully saturated rings. The van der Waals surface area contributed by atoms with E-state index in [0.29, 0.717) is 0 Å². The van der Waals surface area contributed by atoms with Crippen LogP contribution in [0.5, 0.6) is 0 Å². The lowest BCUT2D eigenvalue weighted by atomic mass is 9.98. The molecule has 0 radical (unpaired) electrons. The molecule has 1 aliphatic rings. The predicted molar refractivity (Wildman–Crippen MR) is 75.7 cm³/mol. The monoisotopic (exact) mass is 225 g/mol. The number of hydrogen-bond donors (Lipinski definition) is 1. The molecule has 1 aromatic carbocycles. The Kier molecular flexibility index (Phi) is 3.48. The zero-order chi connectivity index (χ0) is 12.3. The summed E-state index contributed by atoms with van der Waals surface area (Å²) >= 11 is 0. The first kappa shape index (κ1) is 11.7. The number of anilines is 1. The van der Waals surface area contributed by atoms with Gasteiger partial charge in [0, 0.05) is 5.69 Å². The molecule has 0 saturated heterocycles. The van der Waals surface area contributed by atoms with E-state index in [1.165, 1.54) is 29.6 Å².